The molecule has 0 atom stereocenters. The molecule has 1 aromatic carbocycles. The number of nitrogen functional groups attached to an aromatic ring is 1. The van der Waals surface area contributed by atoms with Crippen molar-refractivity contribution in [1.82, 2.24) is 14.9 Å². The van der Waals surface area contributed by atoms with Gasteiger partial charge in [0.15, 0.2) is 5.82 Å². The minimum atomic E-state index is -3.69. The average molecular weight is 361 g/mol. The third-order valence-electron chi connectivity index (χ3n) is 2.57. The van der Waals surface area contributed by atoms with Gasteiger partial charge in [0.2, 0.25) is 15.9 Å². The molecule has 1 aromatic heterocycles. The van der Waals surface area contributed by atoms with Crippen LogP contribution in [0.1, 0.15) is 17.3 Å². The van der Waals surface area contributed by atoms with Gasteiger partial charge in [-0.3, -0.25) is 0 Å². The number of hydrogen-bond acceptors (Lipinski definition) is 6. The summed E-state index contributed by atoms with van der Waals surface area (Å²) in [5.41, 5.74) is 6.66. The Morgan fingerprint density at radius 3 is 2.70 bits per heavy atom. The monoisotopic (exact) mass is 360 g/mol. The molecule has 3 N–H and O–H groups in total. The molecule has 0 radical (unpaired) electrons. The van der Waals surface area contributed by atoms with Gasteiger partial charge in [-0.15, -0.1) is 0 Å². The Morgan fingerprint density at radius 1 is 1.40 bits per heavy atom. The van der Waals surface area contributed by atoms with Gasteiger partial charge in [-0.1, -0.05) is 5.16 Å². The zero-order valence-corrected chi connectivity index (χ0v) is 13.2. The highest BCUT2D eigenvalue weighted by Crippen LogP contribution is 2.26. The van der Waals surface area contributed by atoms with Crippen LogP contribution in [0.15, 0.2) is 26.0 Å². The maximum Gasteiger partial charge on any atom is 0.241 e. The number of halogens is 1. The van der Waals surface area contributed by atoms with E-state index >= 15 is 0 Å². The van der Waals surface area contributed by atoms with Gasteiger partial charge in [-0.25, -0.2) is 13.1 Å². The molecular formula is C11H13BrN4O3S. The Labute approximate surface area is 124 Å². The quantitative estimate of drug-likeness (QED) is 0.799. The Balaban J connectivity index is 2.24. The number of nitrogens with zero attached hydrogens (tertiary/aromatic N) is 2. The fourth-order valence-electron chi connectivity index (χ4n) is 1.61. The molecule has 0 bridgehead atoms. The lowest BCUT2D eigenvalue weighted by molar-refractivity contribution is 0.387. The molecule has 0 aliphatic rings. The maximum atomic E-state index is 12.2. The zero-order valence-electron chi connectivity index (χ0n) is 10.8. The summed E-state index contributed by atoms with van der Waals surface area (Å²) in [4.78, 5) is 4.05. The maximum absolute atomic E-state index is 12.2. The second-order valence-electron chi connectivity index (χ2n) is 4.19. The summed E-state index contributed by atoms with van der Waals surface area (Å²) in [5.74, 6) is 0.650. The fraction of sp³-hybridized carbons (Fsp3) is 0.273. The number of hydrogen-bond donors (Lipinski definition) is 2. The van der Waals surface area contributed by atoms with E-state index in [-0.39, 0.29) is 17.3 Å². The number of benzene rings is 1. The molecule has 20 heavy (non-hydrogen) atoms. The molecule has 0 unspecified atom stereocenters. The molecule has 1 heterocycles. The molecule has 108 valence electrons. The average Bonchev–Trinajstić information content (AvgIpc) is 2.77. The minimum absolute atomic E-state index is 0.0465. The van der Waals surface area contributed by atoms with Crippen molar-refractivity contribution in [2.75, 3.05) is 5.73 Å². The molecule has 0 amide bonds. The van der Waals surface area contributed by atoms with Crippen LogP contribution < -0.4 is 10.5 Å². The number of nitrogens with one attached hydrogen (secondary N) is 1. The zero-order chi connectivity index (χ0) is 14.9. The molecular weight excluding hydrogens is 348 g/mol. The number of nitrogens with two attached hydrogens (primary N) is 1. The van der Waals surface area contributed by atoms with Crippen LogP contribution in [-0.4, -0.2) is 18.6 Å². The van der Waals surface area contributed by atoms with Crippen LogP contribution in [0.4, 0.5) is 5.69 Å². The van der Waals surface area contributed by atoms with E-state index in [9.17, 15) is 8.42 Å². The summed E-state index contributed by atoms with van der Waals surface area (Å²) in [6.07, 6.45) is 0. The van der Waals surface area contributed by atoms with Gasteiger partial charge in [-0.2, -0.15) is 4.98 Å². The van der Waals surface area contributed by atoms with Gasteiger partial charge in [0.05, 0.1) is 11.4 Å². The van der Waals surface area contributed by atoms with Crippen molar-refractivity contribution >= 4 is 31.6 Å². The van der Waals surface area contributed by atoms with Crippen molar-refractivity contribution in [3.05, 3.63) is 33.9 Å². The molecule has 0 spiro atoms. The van der Waals surface area contributed by atoms with Gasteiger partial charge < -0.3 is 10.3 Å². The van der Waals surface area contributed by atoms with E-state index in [2.05, 4.69) is 30.8 Å². The van der Waals surface area contributed by atoms with Crippen molar-refractivity contribution in [3.8, 4) is 0 Å². The number of sulfonamides is 1. The molecule has 0 aliphatic carbocycles. The van der Waals surface area contributed by atoms with E-state index in [0.717, 1.165) is 0 Å². The number of aryl methyl sites for hydroxylation is 2. The van der Waals surface area contributed by atoms with Crippen LogP contribution >= 0.6 is 15.9 Å². The number of rotatable bonds is 4. The molecule has 9 heteroatoms. The smallest absolute Gasteiger partial charge is 0.241 e. The molecule has 2 rings (SSSR count). The topological polar surface area (TPSA) is 111 Å². The van der Waals surface area contributed by atoms with Crippen LogP contribution in [0.5, 0.6) is 0 Å². The summed E-state index contributed by atoms with van der Waals surface area (Å²) in [5, 5.41) is 3.62. The van der Waals surface area contributed by atoms with E-state index in [1.54, 1.807) is 19.9 Å². The third-order valence-corrected chi connectivity index (χ3v) is 4.80. The van der Waals surface area contributed by atoms with Crippen LogP contribution in [-0.2, 0) is 16.6 Å². The summed E-state index contributed by atoms with van der Waals surface area (Å²) in [6, 6.07) is 3.06. The predicted molar refractivity (Wildman–Crippen MR) is 76.4 cm³/mol. The van der Waals surface area contributed by atoms with Gasteiger partial charge in [0, 0.05) is 17.1 Å². The largest absolute Gasteiger partial charge is 0.398 e. The second kappa shape index (κ2) is 5.51. The predicted octanol–water partition coefficient (Wildman–Crippen LogP) is 1.51. The molecule has 0 aliphatic heterocycles. The first-order valence-corrected chi connectivity index (χ1v) is 7.91. The summed E-state index contributed by atoms with van der Waals surface area (Å²) >= 11 is 3.25. The standard InChI is InChI=1S/C11H13BrN4O3S/c1-6-3-8(12)9(13)4-10(6)20(17,18)14-5-11-15-7(2)19-16-11/h3-4,14H,5,13H2,1-2H3. The lowest BCUT2D eigenvalue weighted by Gasteiger charge is -2.10. The summed E-state index contributed by atoms with van der Waals surface area (Å²) < 4.78 is 32.3. The first-order chi connectivity index (χ1) is 9.29. The van der Waals surface area contributed by atoms with E-state index < -0.39 is 10.0 Å². The Kier molecular flexibility index (Phi) is 4.11. The second-order valence-corrected chi connectivity index (χ2v) is 6.78. The number of anilines is 1. The summed E-state index contributed by atoms with van der Waals surface area (Å²) in [6.45, 7) is 3.27. The highest BCUT2D eigenvalue weighted by atomic mass is 79.9. The fourth-order valence-corrected chi connectivity index (χ4v) is 3.31. The van der Waals surface area contributed by atoms with Gasteiger partial charge in [0.1, 0.15) is 0 Å². The summed E-state index contributed by atoms with van der Waals surface area (Å²) in [7, 11) is -3.69. The van der Waals surface area contributed by atoms with E-state index in [0.29, 0.717) is 21.6 Å². The highest BCUT2D eigenvalue weighted by Gasteiger charge is 2.19. The van der Waals surface area contributed by atoms with Crippen LogP contribution in [0.3, 0.4) is 0 Å². The van der Waals surface area contributed by atoms with Crippen LogP contribution in [0.25, 0.3) is 0 Å². The van der Waals surface area contributed by atoms with Crippen molar-refractivity contribution in [1.29, 1.82) is 0 Å². The van der Waals surface area contributed by atoms with E-state index in [1.165, 1.54) is 6.07 Å². The Hall–Kier alpha value is -1.45. The molecule has 2 aromatic rings. The molecule has 0 saturated carbocycles. The van der Waals surface area contributed by atoms with E-state index in [1.807, 2.05) is 0 Å². The molecule has 0 fully saturated rings. The van der Waals surface area contributed by atoms with Crippen molar-refractivity contribution < 1.29 is 12.9 Å². The third kappa shape index (κ3) is 3.17. The highest BCUT2D eigenvalue weighted by molar-refractivity contribution is 9.10. The first-order valence-electron chi connectivity index (χ1n) is 5.64. The first kappa shape index (κ1) is 14.9. The van der Waals surface area contributed by atoms with Gasteiger partial charge in [0.25, 0.3) is 0 Å². The SMILES string of the molecule is Cc1nc(CNS(=O)(=O)c2cc(N)c(Br)cc2C)no1. The van der Waals surface area contributed by atoms with E-state index in [4.69, 9.17) is 10.3 Å². The Bertz CT molecular complexity index is 742. The normalized spacial score (nSPS) is 11.8. The lowest BCUT2D eigenvalue weighted by Crippen LogP contribution is -2.24. The van der Waals surface area contributed by atoms with Crippen molar-refractivity contribution in [3.63, 3.8) is 0 Å². The Morgan fingerprint density at radius 2 is 2.10 bits per heavy atom. The molecule has 7 nitrogen and oxygen atoms in total. The molecule has 0 saturated heterocycles. The van der Waals surface area contributed by atoms with Crippen molar-refractivity contribution in [2.45, 2.75) is 25.3 Å². The van der Waals surface area contributed by atoms with Crippen LogP contribution in [0, 0.1) is 13.8 Å². The number of aromatic nitrogens is 2. The van der Waals surface area contributed by atoms with Gasteiger partial charge >= 0.3 is 0 Å². The van der Waals surface area contributed by atoms with Crippen molar-refractivity contribution in [2.24, 2.45) is 0 Å². The minimum Gasteiger partial charge on any atom is -0.398 e. The van der Waals surface area contributed by atoms with Crippen LogP contribution in [0.2, 0.25) is 0 Å². The van der Waals surface area contributed by atoms with Gasteiger partial charge in [-0.05, 0) is 40.5 Å². The lowest BCUT2D eigenvalue weighted by atomic mass is 10.2.